The Balaban J connectivity index is 0.487. The highest BCUT2D eigenvalue weighted by molar-refractivity contribution is 6.13. The number of nitrogens with one attached hydrogen (secondary N) is 4. The van der Waals surface area contributed by atoms with Crippen LogP contribution in [0.25, 0.3) is 22.3 Å². The summed E-state index contributed by atoms with van der Waals surface area (Å²) in [5.74, 6) is -1.77. The van der Waals surface area contributed by atoms with Crippen LogP contribution in [0.5, 0.6) is 11.5 Å². The number of cyclic esters (lactones) is 1. The molecule has 2 atom stereocenters. The Labute approximate surface area is 611 Å². The van der Waals surface area contributed by atoms with E-state index < -0.39 is 60.3 Å². The van der Waals surface area contributed by atoms with Crippen molar-refractivity contribution in [1.82, 2.24) is 45.4 Å². The maximum Gasteiger partial charge on any atom is 0.510 e. The molecule has 6 amide bonds. The molecule has 106 heavy (non-hydrogen) atoms. The van der Waals surface area contributed by atoms with Gasteiger partial charge < -0.3 is 97.9 Å². The molecule has 2 aromatic carbocycles. The first-order chi connectivity index (χ1) is 51.7. The van der Waals surface area contributed by atoms with E-state index in [4.69, 9.17) is 77.0 Å². The molecule has 574 valence electrons. The van der Waals surface area contributed by atoms with Crippen molar-refractivity contribution in [2.75, 3.05) is 151 Å². The molecule has 0 bridgehead atoms. The Morgan fingerprint density at radius 2 is 1.32 bits per heavy atom. The number of amides is 6. The SMILES string of the molecule is CC[C@@]1(OC(=O)OCc2ccc(NC(=O)[C@H](CCCCN)NC(=O)COCC(=O)NCCOCCOCCOCCOCCOCCOCCOCCOCCn3cc(CNC(=O)C4CCC(CN5C(=O)C=CC5=O)CC4)nn3)cc2)C(=O)OCc2c1cc1n(c2=O)Cc2cc3cc4c(cc3nc2-1)OCO4. The maximum absolute atomic E-state index is 14.0. The van der Waals surface area contributed by atoms with E-state index in [0.717, 1.165) is 23.8 Å². The number of hydrogen-bond donors (Lipinski definition) is 5. The fraction of sp³-hybridized carbons (Fsp3) is 0.556. The molecule has 6 N–H and O–H groups in total. The third kappa shape index (κ3) is 22.8. The van der Waals surface area contributed by atoms with Crippen molar-refractivity contribution in [3.8, 4) is 22.9 Å². The average Bonchev–Trinajstić information content (AvgIpc) is 1.61. The molecule has 5 aromatic rings. The molecule has 5 aliphatic rings. The predicted octanol–water partition coefficient (Wildman–Crippen LogP) is 2.63. The molecule has 0 spiro atoms. The standard InChI is InChI=1S/C72H93N11O23/c1-2-72(56-37-59-66-52(41-82(59)69(90)55(56)44-102-70(72)91)35-51-36-60-61(105-47-104-60)38-58(51)78-66)106-71(92)103-43-49-8-12-53(13-9-49)76-68(89)57(5-3-4-16-73)77-63(85)46-101-45-62(84)74-17-19-93-21-23-95-25-27-97-29-31-99-33-34-100-32-30-98-28-26-96-24-22-94-20-18-81-42-54(79-80-81)39-75-67(88)50-10-6-48(7-11-50)40-83-64(86)14-15-65(83)87/h8-9,12-15,35-38,42,48,50,57H,2-7,10-11,16-34,39-41,43-47,73H2,1H3,(H,74,84)(H,75,88)(H,76,89)(H,77,85)/t48?,50?,57-,72-/m0/s1. The van der Waals surface area contributed by atoms with Gasteiger partial charge in [0, 0.05) is 59.4 Å². The van der Waals surface area contributed by atoms with Gasteiger partial charge in [0.25, 0.3) is 17.4 Å². The number of ether oxygens (including phenoxy) is 14. The van der Waals surface area contributed by atoms with Crippen LogP contribution in [0.2, 0.25) is 0 Å². The zero-order chi connectivity index (χ0) is 74.5. The molecule has 7 heterocycles. The minimum absolute atomic E-state index is 0.0278. The minimum Gasteiger partial charge on any atom is -0.457 e. The van der Waals surface area contributed by atoms with Crippen LogP contribution in [0.15, 0.2) is 71.7 Å². The first-order valence-corrected chi connectivity index (χ1v) is 35.8. The van der Waals surface area contributed by atoms with Crippen molar-refractivity contribution < 1.29 is 105 Å². The molecule has 34 nitrogen and oxygen atoms in total. The van der Waals surface area contributed by atoms with Crippen molar-refractivity contribution in [2.45, 2.75) is 103 Å². The van der Waals surface area contributed by atoms with Crippen molar-refractivity contribution in [3.63, 3.8) is 0 Å². The molecule has 4 aliphatic heterocycles. The summed E-state index contributed by atoms with van der Waals surface area (Å²) in [4.78, 5) is 123. The van der Waals surface area contributed by atoms with Crippen LogP contribution >= 0.6 is 0 Å². The number of aromatic nitrogens is 5. The van der Waals surface area contributed by atoms with E-state index in [1.165, 1.54) is 17.1 Å². The Morgan fingerprint density at radius 3 is 1.96 bits per heavy atom. The highest BCUT2D eigenvalue weighted by Gasteiger charge is 2.51. The first-order valence-electron chi connectivity index (χ1n) is 35.8. The molecular weight excluding hydrogens is 1390 g/mol. The van der Waals surface area contributed by atoms with E-state index in [1.807, 2.05) is 12.1 Å². The fourth-order valence-electron chi connectivity index (χ4n) is 12.4. The quantitative estimate of drug-likeness (QED) is 0.0208. The van der Waals surface area contributed by atoms with Gasteiger partial charge in [-0.3, -0.25) is 38.5 Å². The molecular formula is C72H93N11O23. The second kappa shape index (κ2) is 40.9. The molecule has 34 heteroatoms. The van der Waals surface area contributed by atoms with Crippen molar-refractivity contribution in [3.05, 3.63) is 105 Å². The molecule has 3 aromatic heterocycles. The summed E-state index contributed by atoms with van der Waals surface area (Å²) in [6.07, 6.45) is 7.51. The molecule has 1 aliphatic carbocycles. The number of rotatable bonds is 47. The number of carbonyl (C=O) groups is 8. The largest absolute Gasteiger partial charge is 0.510 e. The van der Waals surface area contributed by atoms with E-state index in [0.29, 0.717) is 190 Å². The number of anilines is 1. The Hall–Kier alpha value is -9.36. The maximum atomic E-state index is 14.0. The number of nitrogens with two attached hydrogens (primary N) is 1. The van der Waals surface area contributed by atoms with Gasteiger partial charge in [-0.2, -0.15) is 0 Å². The number of pyridine rings is 2. The second-order valence-corrected chi connectivity index (χ2v) is 25.5. The van der Waals surface area contributed by atoms with Gasteiger partial charge in [-0.15, -0.1) is 5.10 Å². The summed E-state index contributed by atoms with van der Waals surface area (Å²) in [7, 11) is 0. The lowest BCUT2D eigenvalue weighted by atomic mass is 9.81. The molecule has 0 saturated heterocycles. The zero-order valence-corrected chi connectivity index (χ0v) is 59.5. The molecule has 1 fully saturated rings. The van der Waals surface area contributed by atoms with E-state index in [-0.39, 0.29) is 99.8 Å². The Kier molecular flexibility index (Phi) is 30.6. The number of carbonyl (C=O) groups excluding carboxylic acids is 8. The summed E-state index contributed by atoms with van der Waals surface area (Å²) < 4.78 is 80.8. The Morgan fingerprint density at radius 1 is 0.698 bits per heavy atom. The van der Waals surface area contributed by atoms with Crippen molar-refractivity contribution >= 4 is 64.2 Å². The number of benzene rings is 2. The third-order valence-corrected chi connectivity index (χ3v) is 18.1. The summed E-state index contributed by atoms with van der Waals surface area (Å²) >= 11 is 0. The van der Waals surface area contributed by atoms with Crippen LogP contribution in [0, 0.1) is 11.8 Å². The van der Waals surface area contributed by atoms with Crippen LogP contribution in [0.3, 0.4) is 0 Å². The summed E-state index contributed by atoms with van der Waals surface area (Å²) in [5, 5.41) is 20.1. The van der Waals surface area contributed by atoms with Crippen LogP contribution < -0.4 is 42.0 Å². The van der Waals surface area contributed by atoms with Gasteiger partial charge in [0.05, 0.1) is 154 Å². The molecule has 0 unspecified atom stereocenters. The first kappa shape index (κ1) is 79.2. The third-order valence-electron chi connectivity index (χ3n) is 18.1. The number of hydrogen-bond acceptors (Lipinski definition) is 27. The number of nitrogens with zero attached hydrogens (tertiary/aromatic N) is 6. The molecule has 0 radical (unpaired) electrons. The minimum atomic E-state index is -2.00. The van der Waals surface area contributed by atoms with Crippen LogP contribution in [0.1, 0.15) is 86.2 Å². The van der Waals surface area contributed by atoms with Gasteiger partial charge in [-0.05, 0) is 99.7 Å². The smallest absolute Gasteiger partial charge is 0.457 e. The van der Waals surface area contributed by atoms with Crippen LogP contribution in [-0.4, -0.2) is 228 Å². The highest BCUT2D eigenvalue weighted by Crippen LogP contribution is 2.43. The molecule has 10 rings (SSSR count). The van der Waals surface area contributed by atoms with Crippen molar-refractivity contribution in [2.24, 2.45) is 17.6 Å². The summed E-state index contributed by atoms with van der Waals surface area (Å²) in [5.41, 5.74) is 7.56. The van der Waals surface area contributed by atoms with Gasteiger partial charge in [-0.25, -0.2) is 19.3 Å². The number of fused-ring (bicyclic) bond motifs is 6. The lowest BCUT2D eigenvalue weighted by Gasteiger charge is -2.35. The Bertz CT molecular complexity index is 3880. The monoisotopic (exact) mass is 1480 g/mol. The fourth-order valence-corrected chi connectivity index (χ4v) is 12.4. The van der Waals surface area contributed by atoms with Gasteiger partial charge >= 0.3 is 12.1 Å². The lowest BCUT2D eigenvalue weighted by molar-refractivity contribution is -0.175. The summed E-state index contributed by atoms with van der Waals surface area (Å²) in [6.45, 7) is 8.33. The zero-order valence-electron chi connectivity index (χ0n) is 59.5. The number of esters is 1. The highest BCUT2D eigenvalue weighted by atomic mass is 16.7. The van der Waals surface area contributed by atoms with Crippen LogP contribution in [0.4, 0.5) is 10.5 Å². The van der Waals surface area contributed by atoms with Gasteiger partial charge in [0.15, 0.2) is 11.5 Å². The average molecular weight is 1480 g/mol. The predicted molar refractivity (Wildman–Crippen MR) is 373 cm³/mol. The molecule has 1 saturated carbocycles. The van der Waals surface area contributed by atoms with E-state index in [2.05, 4.69) is 31.6 Å². The second-order valence-electron chi connectivity index (χ2n) is 25.5. The van der Waals surface area contributed by atoms with Gasteiger partial charge in [-0.1, -0.05) is 24.3 Å². The number of imide groups is 1. The normalized spacial score (nSPS) is 17.2. The van der Waals surface area contributed by atoms with E-state index >= 15 is 0 Å². The summed E-state index contributed by atoms with van der Waals surface area (Å²) in [6, 6.07) is 12.6. The topological polar surface area (TPSA) is 409 Å². The van der Waals surface area contributed by atoms with Gasteiger partial charge in [0.2, 0.25) is 36.0 Å². The van der Waals surface area contributed by atoms with Crippen LogP contribution in [-0.2, 0) is 129 Å². The van der Waals surface area contributed by atoms with Crippen molar-refractivity contribution in [1.29, 1.82) is 0 Å². The van der Waals surface area contributed by atoms with E-state index in [9.17, 15) is 43.2 Å². The number of unbranched alkanes of at least 4 members (excludes halogenated alkanes) is 1. The van der Waals surface area contributed by atoms with Gasteiger partial charge in [0.1, 0.15) is 38.2 Å². The lowest BCUT2D eigenvalue weighted by Crippen LogP contribution is -2.47. The van der Waals surface area contributed by atoms with E-state index in [1.54, 1.807) is 58.8 Å².